The number of halogens is 2. The fraction of sp³-hybridized carbons (Fsp3) is 0.182. The number of aromatic nitrogens is 5. The normalized spacial score (nSPS) is 11.0. The molecule has 0 saturated carbocycles. The highest BCUT2D eigenvalue weighted by Crippen LogP contribution is 2.23. The van der Waals surface area contributed by atoms with E-state index in [1.165, 1.54) is 16.8 Å². The maximum Gasteiger partial charge on any atom is 0.260 e. The van der Waals surface area contributed by atoms with Crippen LogP contribution < -0.4 is 5.32 Å². The van der Waals surface area contributed by atoms with Crippen molar-refractivity contribution in [1.82, 2.24) is 24.5 Å². The van der Waals surface area contributed by atoms with Gasteiger partial charge in [0.2, 0.25) is 0 Å². The summed E-state index contributed by atoms with van der Waals surface area (Å²) < 4.78 is 16.4. The van der Waals surface area contributed by atoms with Crippen molar-refractivity contribution < 1.29 is 9.18 Å². The number of nitrogens with zero attached hydrogens (tertiary/aromatic N) is 5. The molecule has 1 aromatic carbocycles. The first-order chi connectivity index (χ1) is 14.8. The minimum Gasteiger partial charge on any atom is -0.320 e. The first kappa shape index (κ1) is 20.7. The Labute approximate surface area is 183 Å². The number of benzene rings is 1. The molecule has 0 fully saturated rings. The monoisotopic (exact) mass is 438 g/mol. The van der Waals surface area contributed by atoms with Crippen molar-refractivity contribution in [3.8, 4) is 5.82 Å². The SMILES string of the molecule is Cc1cc(C)n(-c2ccc(NC(=O)c3c(C)nn(Cc4ccc(F)cc4)c3Cl)cn2)n1. The van der Waals surface area contributed by atoms with E-state index in [1.54, 1.807) is 42.1 Å². The molecule has 0 radical (unpaired) electrons. The summed E-state index contributed by atoms with van der Waals surface area (Å²) in [5.74, 6) is -0.0394. The maximum absolute atomic E-state index is 13.1. The lowest BCUT2D eigenvalue weighted by Gasteiger charge is -2.07. The van der Waals surface area contributed by atoms with E-state index in [0.29, 0.717) is 23.7 Å². The zero-order chi connectivity index (χ0) is 22.1. The lowest BCUT2D eigenvalue weighted by atomic mass is 10.2. The lowest BCUT2D eigenvalue weighted by molar-refractivity contribution is 0.102. The molecule has 9 heteroatoms. The highest BCUT2D eigenvalue weighted by molar-refractivity contribution is 6.33. The van der Waals surface area contributed by atoms with Crippen molar-refractivity contribution in [2.24, 2.45) is 0 Å². The van der Waals surface area contributed by atoms with Crippen molar-refractivity contribution >= 4 is 23.2 Å². The molecule has 7 nitrogen and oxygen atoms in total. The van der Waals surface area contributed by atoms with E-state index in [9.17, 15) is 9.18 Å². The largest absolute Gasteiger partial charge is 0.320 e. The average Bonchev–Trinajstić information content (AvgIpc) is 3.21. The second-order valence-electron chi connectivity index (χ2n) is 7.23. The second-order valence-corrected chi connectivity index (χ2v) is 7.59. The fourth-order valence-corrected chi connectivity index (χ4v) is 3.64. The van der Waals surface area contributed by atoms with Crippen LogP contribution in [0, 0.1) is 26.6 Å². The van der Waals surface area contributed by atoms with Gasteiger partial charge in [-0.2, -0.15) is 10.2 Å². The molecular formula is C22H20ClFN6O. The standard InChI is InChI=1S/C22H20ClFN6O/c1-13-10-14(2)30(27-13)19-9-8-18(11-25-19)26-22(31)20-15(3)28-29(21(20)23)12-16-4-6-17(24)7-5-16/h4-11H,12H2,1-3H3,(H,26,31). The minimum atomic E-state index is -0.381. The van der Waals surface area contributed by atoms with Gasteiger partial charge in [0, 0.05) is 5.69 Å². The topological polar surface area (TPSA) is 77.6 Å². The Morgan fingerprint density at radius 3 is 2.45 bits per heavy atom. The number of hydrogen-bond donors (Lipinski definition) is 1. The van der Waals surface area contributed by atoms with Gasteiger partial charge in [-0.25, -0.2) is 18.7 Å². The van der Waals surface area contributed by atoms with E-state index >= 15 is 0 Å². The number of nitrogens with one attached hydrogen (secondary N) is 1. The smallest absolute Gasteiger partial charge is 0.260 e. The third-order valence-electron chi connectivity index (χ3n) is 4.77. The second kappa shape index (κ2) is 8.31. The summed E-state index contributed by atoms with van der Waals surface area (Å²) in [5.41, 5.74) is 4.00. The summed E-state index contributed by atoms with van der Waals surface area (Å²) in [5, 5.41) is 11.8. The summed E-state index contributed by atoms with van der Waals surface area (Å²) in [6, 6.07) is 11.5. The van der Waals surface area contributed by atoms with Crippen LogP contribution in [0.2, 0.25) is 5.15 Å². The van der Waals surface area contributed by atoms with Crippen LogP contribution in [0.5, 0.6) is 0 Å². The molecule has 0 atom stereocenters. The van der Waals surface area contributed by atoms with Crippen molar-refractivity contribution in [2.45, 2.75) is 27.3 Å². The molecule has 4 aromatic rings. The molecule has 158 valence electrons. The molecule has 3 aromatic heterocycles. The molecule has 0 aliphatic carbocycles. The Morgan fingerprint density at radius 2 is 1.84 bits per heavy atom. The third-order valence-corrected chi connectivity index (χ3v) is 5.15. The Morgan fingerprint density at radius 1 is 1.10 bits per heavy atom. The minimum absolute atomic E-state index is 0.214. The van der Waals surface area contributed by atoms with E-state index in [2.05, 4.69) is 20.5 Å². The lowest BCUT2D eigenvalue weighted by Crippen LogP contribution is -2.14. The van der Waals surface area contributed by atoms with Gasteiger partial charge in [-0.1, -0.05) is 23.7 Å². The summed E-state index contributed by atoms with van der Waals surface area (Å²) in [7, 11) is 0. The number of aryl methyl sites for hydroxylation is 3. The third kappa shape index (κ3) is 4.34. The van der Waals surface area contributed by atoms with E-state index in [-0.39, 0.29) is 22.4 Å². The van der Waals surface area contributed by atoms with Gasteiger partial charge >= 0.3 is 0 Å². The van der Waals surface area contributed by atoms with Crippen LogP contribution in [0.15, 0.2) is 48.7 Å². The number of hydrogen-bond acceptors (Lipinski definition) is 4. The molecule has 0 aliphatic rings. The van der Waals surface area contributed by atoms with Gasteiger partial charge in [-0.3, -0.25) is 4.79 Å². The summed E-state index contributed by atoms with van der Waals surface area (Å²) in [6.45, 7) is 5.91. The first-order valence-corrected chi connectivity index (χ1v) is 9.98. The molecule has 0 aliphatic heterocycles. The van der Waals surface area contributed by atoms with Crippen molar-refractivity contribution in [1.29, 1.82) is 0 Å². The van der Waals surface area contributed by atoms with Gasteiger partial charge in [-0.15, -0.1) is 0 Å². The number of carbonyl (C=O) groups excluding carboxylic acids is 1. The van der Waals surface area contributed by atoms with Crippen LogP contribution in [0.25, 0.3) is 5.82 Å². The Balaban J connectivity index is 1.51. The van der Waals surface area contributed by atoms with E-state index < -0.39 is 0 Å². The van der Waals surface area contributed by atoms with E-state index in [0.717, 1.165) is 17.0 Å². The molecule has 1 amide bonds. The van der Waals surface area contributed by atoms with Crippen LogP contribution in [0.1, 0.15) is 33.0 Å². The predicted molar refractivity (Wildman–Crippen MR) is 116 cm³/mol. The molecule has 0 saturated heterocycles. The quantitative estimate of drug-likeness (QED) is 0.498. The molecule has 31 heavy (non-hydrogen) atoms. The number of anilines is 1. The van der Waals surface area contributed by atoms with Gasteiger partial charge in [0.1, 0.15) is 11.0 Å². The molecule has 4 rings (SSSR count). The summed E-state index contributed by atoms with van der Waals surface area (Å²) in [6.07, 6.45) is 1.57. The number of carbonyl (C=O) groups is 1. The van der Waals surface area contributed by atoms with Crippen molar-refractivity contribution in [3.05, 3.63) is 87.8 Å². The van der Waals surface area contributed by atoms with Gasteiger partial charge in [-0.05, 0) is 56.7 Å². The zero-order valence-corrected chi connectivity index (χ0v) is 18.0. The first-order valence-electron chi connectivity index (χ1n) is 9.60. The average molecular weight is 439 g/mol. The molecule has 0 unspecified atom stereocenters. The van der Waals surface area contributed by atoms with Gasteiger partial charge in [0.05, 0.1) is 35.4 Å². The predicted octanol–water partition coefficient (Wildman–Crippen LogP) is 4.48. The van der Waals surface area contributed by atoms with Crippen LogP contribution in [0.3, 0.4) is 0 Å². The van der Waals surface area contributed by atoms with Crippen molar-refractivity contribution in [3.63, 3.8) is 0 Å². The highest BCUT2D eigenvalue weighted by Gasteiger charge is 2.21. The van der Waals surface area contributed by atoms with Gasteiger partial charge in [0.25, 0.3) is 5.91 Å². The number of amides is 1. The fourth-order valence-electron chi connectivity index (χ4n) is 3.32. The Hall–Kier alpha value is -3.52. The number of rotatable bonds is 5. The molecule has 3 heterocycles. The summed E-state index contributed by atoms with van der Waals surface area (Å²) >= 11 is 6.44. The van der Waals surface area contributed by atoms with Crippen LogP contribution in [0.4, 0.5) is 10.1 Å². The van der Waals surface area contributed by atoms with Gasteiger partial charge < -0.3 is 5.32 Å². The highest BCUT2D eigenvalue weighted by atomic mass is 35.5. The van der Waals surface area contributed by atoms with E-state index in [4.69, 9.17) is 11.6 Å². The van der Waals surface area contributed by atoms with E-state index in [1.807, 2.05) is 19.9 Å². The van der Waals surface area contributed by atoms with Crippen LogP contribution in [-0.4, -0.2) is 30.5 Å². The molecule has 0 spiro atoms. The Bertz CT molecular complexity index is 1240. The molecular weight excluding hydrogens is 419 g/mol. The van der Waals surface area contributed by atoms with Crippen molar-refractivity contribution in [2.75, 3.05) is 5.32 Å². The summed E-state index contributed by atoms with van der Waals surface area (Å²) in [4.78, 5) is 17.2. The maximum atomic E-state index is 13.1. The zero-order valence-electron chi connectivity index (χ0n) is 17.2. The van der Waals surface area contributed by atoms with Gasteiger partial charge in [0.15, 0.2) is 5.82 Å². The van der Waals surface area contributed by atoms with Crippen LogP contribution in [-0.2, 0) is 6.54 Å². The van der Waals surface area contributed by atoms with Crippen LogP contribution >= 0.6 is 11.6 Å². The number of pyridine rings is 1. The molecule has 0 bridgehead atoms. The molecule has 1 N–H and O–H groups in total. The Kier molecular flexibility index (Phi) is 5.56.